The zero-order valence-corrected chi connectivity index (χ0v) is 19.3. The number of ketones is 1. The van der Waals surface area contributed by atoms with Crippen molar-refractivity contribution in [2.75, 3.05) is 38.6 Å². The topological polar surface area (TPSA) is 75.7 Å². The van der Waals surface area contributed by atoms with Crippen LogP contribution in [0.25, 0.3) is 0 Å². The molecular formula is C22H31ClN2O4S. The van der Waals surface area contributed by atoms with E-state index in [2.05, 4.69) is 23.5 Å². The van der Waals surface area contributed by atoms with Gasteiger partial charge in [-0.2, -0.15) is 0 Å². The van der Waals surface area contributed by atoms with Crippen molar-refractivity contribution in [2.45, 2.75) is 39.2 Å². The normalized spacial score (nSPS) is 30.0. The Morgan fingerprint density at radius 2 is 1.97 bits per heavy atom. The predicted molar refractivity (Wildman–Crippen MR) is 117 cm³/mol. The molecule has 0 aromatic heterocycles. The van der Waals surface area contributed by atoms with E-state index in [-0.39, 0.29) is 29.5 Å². The van der Waals surface area contributed by atoms with Gasteiger partial charge in [-0.3, -0.25) is 9.69 Å². The number of nitrogens with one attached hydrogen (secondary N) is 1. The molecule has 3 aliphatic rings. The molecule has 1 saturated heterocycles. The minimum atomic E-state index is -3.64. The molecule has 4 rings (SSSR count). The number of Topliss-reactive ketones (excluding diaryl/α,β-unsaturated/α-hetero) is 1. The summed E-state index contributed by atoms with van der Waals surface area (Å²) in [4.78, 5) is 15.0. The molecule has 30 heavy (non-hydrogen) atoms. The van der Waals surface area contributed by atoms with Gasteiger partial charge in [0.1, 0.15) is 5.78 Å². The number of rotatable bonds is 7. The molecule has 0 radical (unpaired) electrons. The van der Waals surface area contributed by atoms with Gasteiger partial charge in [0.2, 0.25) is 10.0 Å². The first-order valence-corrected chi connectivity index (χ1v) is 12.8. The molecule has 1 heterocycles. The summed E-state index contributed by atoms with van der Waals surface area (Å²) < 4.78 is 34.6. The van der Waals surface area contributed by atoms with Crippen molar-refractivity contribution in [1.29, 1.82) is 0 Å². The highest BCUT2D eigenvalue weighted by molar-refractivity contribution is 7.89. The molecule has 0 spiro atoms. The molecule has 0 amide bonds. The van der Waals surface area contributed by atoms with Crippen LogP contribution in [0.4, 0.5) is 0 Å². The number of nitrogens with zero attached hydrogens (tertiary/aromatic N) is 1. The van der Waals surface area contributed by atoms with Crippen LogP contribution in [-0.2, 0) is 19.6 Å². The zero-order chi connectivity index (χ0) is 21.6. The summed E-state index contributed by atoms with van der Waals surface area (Å²) in [5.41, 5.74) is -0.131. The third kappa shape index (κ3) is 3.84. The molecule has 1 aromatic rings. The Hall–Kier alpha value is -0.990. The first-order chi connectivity index (χ1) is 14.2. The highest BCUT2D eigenvalue weighted by Gasteiger charge is 2.65. The molecule has 2 bridgehead atoms. The molecule has 3 atom stereocenters. The van der Waals surface area contributed by atoms with Crippen molar-refractivity contribution < 1.29 is 17.9 Å². The quantitative estimate of drug-likeness (QED) is 0.685. The van der Waals surface area contributed by atoms with Gasteiger partial charge in [-0.15, -0.1) is 0 Å². The van der Waals surface area contributed by atoms with Crippen molar-refractivity contribution in [3.63, 3.8) is 0 Å². The fourth-order valence-corrected chi connectivity index (χ4v) is 7.86. The van der Waals surface area contributed by atoms with E-state index in [4.69, 9.17) is 16.3 Å². The lowest BCUT2D eigenvalue weighted by Crippen LogP contribution is -2.48. The van der Waals surface area contributed by atoms with E-state index in [9.17, 15) is 13.2 Å². The van der Waals surface area contributed by atoms with Gasteiger partial charge in [0.25, 0.3) is 0 Å². The Bertz CT molecular complexity index is 913. The number of hydrogen-bond acceptors (Lipinski definition) is 5. The zero-order valence-electron chi connectivity index (χ0n) is 17.7. The molecule has 1 N–H and O–H groups in total. The molecule has 3 fully saturated rings. The number of morpholine rings is 1. The number of carbonyl (C=O) groups excluding carboxylic acids is 1. The van der Waals surface area contributed by atoms with Crippen molar-refractivity contribution in [3.8, 4) is 0 Å². The van der Waals surface area contributed by atoms with Crippen LogP contribution >= 0.6 is 11.6 Å². The Morgan fingerprint density at radius 1 is 1.27 bits per heavy atom. The molecule has 3 unspecified atom stereocenters. The van der Waals surface area contributed by atoms with Crippen molar-refractivity contribution in [3.05, 3.63) is 34.9 Å². The number of hydrogen-bond donors (Lipinski definition) is 1. The summed E-state index contributed by atoms with van der Waals surface area (Å²) >= 11 is 6.45. The number of halogens is 1. The summed E-state index contributed by atoms with van der Waals surface area (Å²) in [7, 11) is -3.64. The summed E-state index contributed by atoms with van der Waals surface area (Å²) in [5, 5.41) is 0.623. The molecule has 2 saturated carbocycles. The molecular weight excluding hydrogens is 424 g/mol. The van der Waals surface area contributed by atoms with Gasteiger partial charge in [-0.25, -0.2) is 13.1 Å². The Morgan fingerprint density at radius 3 is 2.57 bits per heavy atom. The largest absolute Gasteiger partial charge is 0.379 e. The maximum Gasteiger partial charge on any atom is 0.212 e. The first kappa shape index (κ1) is 22.2. The standard InChI is InChI=1S/C22H31ClN2O4S/c1-21(2)16-7-8-22(21,20(26)13-16)15-30(27,28)24-14-19(25-9-11-29-12-10-25)17-5-3-4-6-18(17)23/h3-6,16,19,24H,7-15H2,1-2H3. The maximum atomic E-state index is 13.2. The van der Waals surface area contributed by atoms with E-state index in [0.29, 0.717) is 37.0 Å². The van der Waals surface area contributed by atoms with Gasteiger partial charge in [0, 0.05) is 42.5 Å². The SMILES string of the molecule is CC1(C)C2CCC1(CS(=O)(=O)NCC(c1ccccc1Cl)N1CCOCC1)C(=O)C2. The first-order valence-electron chi connectivity index (χ1n) is 10.7. The van der Waals surface area contributed by atoms with E-state index in [1.165, 1.54) is 0 Å². The lowest BCUT2D eigenvalue weighted by molar-refractivity contribution is -0.128. The molecule has 8 heteroatoms. The van der Waals surface area contributed by atoms with Crippen LogP contribution in [0, 0.1) is 16.7 Å². The molecule has 1 aliphatic heterocycles. The average Bonchev–Trinajstić information content (AvgIpc) is 3.04. The van der Waals surface area contributed by atoms with Crippen molar-refractivity contribution in [2.24, 2.45) is 16.7 Å². The Balaban J connectivity index is 1.53. The second-order valence-corrected chi connectivity index (χ2v) is 11.7. The minimum Gasteiger partial charge on any atom is -0.379 e. The number of sulfonamides is 1. The molecule has 6 nitrogen and oxygen atoms in total. The smallest absolute Gasteiger partial charge is 0.212 e. The Labute approximate surface area is 184 Å². The number of fused-ring (bicyclic) bond motifs is 2. The molecule has 166 valence electrons. The summed E-state index contributed by atoms with van der Waals surface area (Å²) in [6.45, 7) is 7.00. The van der Waals surface area contributed by atoms with Crippen LogP contribution < -0.4 is 4.72 Å². The molecule has 2 aliphatic carbocycles. The van der Waals surface area contributed by atoms with Gasteiger partial charge in [0.15, 0.2) is 0 Å². The highest BCUT2D eigenvalue weighted by atomic mass is 35.5. The monoisotopic (exact) mass is 454 g/mol. The van der Waals surface area contributed by atoms with E-state index >= 15 is 0 Å². The second-order valence-electron chi connectivity index (χ2n) is 9.46. The fourth-order valence-electron chi connectivity index (χ4n) is 5.76. The maximum absolute atomic E-state index is 13.2. The predicted octanol–water partition coefficient (Wildman–Crippen LogP) is 3.03. The van der Waals surface area contributed by atoms with Crippen LogP contribution in [-0.4, -0.2) is 57.7 Å². The van der Waals surface area contributed by atoms with Crippen molar-refractivity contribution >= 4 is 27.4 Å². The summed E-state index contributed by atoms with van der Waals surface area (Å²) in [6.07, 6.45) is 2.12. The van der Waals surface area contributed by atoms with Crippen molar-refractivity contribution in [1.82, 2.24) is 9.62 Å². The number of carbonyl (C=O) groups is 1. The fraction of sp³-hybridized carbons (Fsp3) is 0.682. The Kier molecular flexibility index (Phi) is 6.05. The van der Waals surface area contributed by atoms with Gasteiger partial charge in [-0.05, 0) is 35.8 Å². The third-order valence-electron chi connectivity index (χ3n) is 7.82. The van der Waals surface area contributed by atoms with Gasteiger partial charge in [0.05, 0.1) is 19.0 Å². The number of benzene rings is 1. The van der Waals surface area contributed by atoms with E-state index in [1.807, 2.05) is 24.3 Å². The van der Waals surface area contributed by atoms with Gasteiger partial charge < -0.3 is 4.74 Å². The van der Waals surface area contributed by atoms with E-state index in [0.717, 1.165) is 25.1 Å². The van der Waals surface area contributed by atoms with E-state index in [1.54, 1.807) is 0 Å². The van der Waals surface area contributed by atoms with Crippen LogP contribution in [0.5, 0.6) is 0 Å². The lowest BCUT2D eigenvalue weighted by Gasteiger charge is -2.37. The molecule has 1 aromatic carbocycles. The summed E-state index contributed by atoms with van der Waals surface area (Å²) in [6, 6.07) is 7.38. The highest BCUT2D eigenvalue weighted by Crippen LogP contribution is 2.64. The third-order valence-corrected chi connectivity index (χ3v) is 9.65. The van der Waals surface area contributed by atoms with Crippen LogP contribution in [0.2, 0.25) is 5.02 Å². The average molecular weight is 455 g/mol. The van der Waals surface area contributed by atoms with Crippen LogP contribution in [0.1, 0.15) is 44.7 Å². The second kappa shape index (κ2) is 8.17. The minimum absolute atomic E-state index is 0.116. The van der Waals surface area contributed by atoms with Gasteiger partial charge >= 0.3 is 0 Å². The van der Waals surface area contributed by atoms with Gasteiger partial charge in [-0.1, -0.05) is 43.6 Å². The lowest BCUT2D eigenvalue weighted by atomic mass is 9.70. The number of ether oxygens (including phenoxy) is 1. The van der Waals surface area contributed by atoms with Crippen LogP contribution in [0.15, 0.2) is 24.3 Å². The van der Waals surface area contributed by atoms with Crippen LogP contribution in [0.3, 0.4) is 0 Å². The summed E-state index contributed by atoms with van der Waals surface area (Å²) in [5.74, 6) is 0.287. The van der Waals surface area contributed by atoms with E-state index < -0.39 is 15.4 Å².